The number of hydrogen-bond acceptors (Lipinski definition) is 3. The van der Waals surface area contributed by atoms with E-state index < -0.39 is 0 Å². The largest absolute Gasteiger partial charge is 0.347 e. The molecular formula is C16H21N3O3. The van der Waals surface area contributed by atoms with Crippen LogP contribution in [0.3, 0.4) is 0 Å². The van der Waals surface area contributed by atoms with E-state index in [1.165, 1.54) is 0 Å². The fourth-order valence-electron chi connectivity index (χ4n) is 1.94. The zero-order chi connectivity index (χ0) is 16.1. The number of amides is 3. The Morgan fingerprint density at radius 3 is 2.50 bits per heavy atom. The van der Waals surface area contributed by atoms with E-state index in [9.17, 15) is 14.4 Å². The minimum absolute atomic E-state index is 0.0413. The molecule has 1 aromatic carbocycles. The highest BCUT2D eigenvalue weighted by Crippen LogP contribution is 2.28. The van der Waals surface area contributed by atoms with Crippen LogP contribution in [0.2, 0.25) is 0 Å². The predicted molar refractivity (Wildman–Crippen MR) is 84.5 cm³/mol. The number of carbonyl (C=O) groups excluding carboxylic acids is 3. The average molecular weight is 303 g/mol. The summed E-state index contributed by atoms with van der Waals surface area (Å²) in [5, 5.41) is 8.12. The summed E-state index contributed by atoms with van der Waals surface area (Å²) in [5.41, 5.74) is 2.14. The van der Waals surface area contributed by atoms with Crippen molar-refractivity contribution in [2.24, 2.45) is 5.92 Å². The monoisotopic (exact) mass is 303 g/mol. The van der Waals surface area contributed by atoms with Gasteiger partial charge in [0.25, 0.3) is 0 Å². The van der Waals surface area contributed by atoms with Crippen LogP contribution in [0.25, 0.3) is 0 Å². The second-order valence-corrected chi connectivity index (χ2v) is 5.47. The standard InChI is InChI=1S/C16H21N3O3/c1-3-14(20)18-12-7-4-10(2)13(8-12)19-15(21)9-17-16(22)11-5-6-11/h4,7-8,11H,3,5-6,9H2,1-2H3,(H,17,22)(H,18,20)(H,19,21). The zero-order valence-corrected chi connectivity index (χ0v) is 12.9. The number of hydrogen-bond donors (Lipinski definition) is 3. The summed E-state index contributed by atoms with van der Waals surface area (Å²) in [6.45, 7) is 3.60. The Morgan fingerprint density at radius 2 is 1.86 bits per heavy atom. The highest BCUT2D eigenvalue weighted by Gasteiger charge is 2.29. The van der Waals surface area contributed by atoms with Gasteiger partial charge >= 0.3 is 0 Å². The third kappa shape index (κ3) is 4.58. The smallest absolute Gasteiger partial charge is 0.243 e. The normalized spacial score (nSPS) is 13.4. The van der Waals surface area contributed by atoms with Crippen molar-refractivity contribution in [3.63, 3.8) is 0 Å². The topological polar surface area (TPSA) is 87.3 Å². The number of anilines is 2. The molecule has 6 nitrogen and oxygen atoms in total. The van der Waals surface area contributed by atoms with Gasteiger partial charge in [0.15, 0.2) is 0 Å². The van der Waals surface area contributed by atoms with Gasteiger partial charge in [-0.25, -0.2) is 0 Å². The van der Waals surface area contributed by atoms with Gasteiger partial charge in [-0.3, -0.25) is 14.4 Å². The van der Waals surface area contributed by atoms with E-state index in [1.54, 1.807) is 19.1 Å². The Balaban J connectivity index is 1.92. The third-order valence-electron chi connectivity index (χ3n) is 3.49. The molecule has 1 saturated carbocycles. The van der Waals surface area contributed by atoms with Gasteiger partial charge in [0.2, 0.25) is 17.7 Å². The van der Waals surface area contributed by atoms with Crippen LogP contribution in [0.15, 0.2) is 18.2 Å². The summed E-state index contributed by atoms with van der Waals surface area (Å²) < 4.78 is 0. The maximum Gasteiger partial charge on any atom is 0.243 e. The molecule has 3 amide bonds. The summed E-state index contributed by atoms with van der Waals surface area (Å²) >= 11 is 0. The summed E-state index contributed by atoms with van der Waals surface area (Å²) in [6, 6.07) is 5.32. The molecule has 0 heterocycles. The van der Waals surface area contributed by atoms with Crippen molar-refractivity contribution in [1.29, 1.82) is 0 Å². The first-order chi connectivity index (χ1) is 10.5. The Kier molecular flexibility index (Phi) is 5.14. The third-order valence-corrected chi connectivity index (χ3v) is 3.49. The van der Waals surface area contributed by atoms with Crippen molar-refractivity contribution < 1.29 is 14.4 Å². The highest BCUT2D eigenvalue weighted by molar-refractivity contribution is 5.97. The van der Waals surface area contributed by atoms with Crippen LogP contribution in [0.5, 0.6) is 0 Å². The average Bonchev–Trinajstić information content (AvgIpc) is 3.32. The molecule has 6 heteroatoms. The van der Waals surface area contributed by atoms with Crippen LogP contribution in [0, 0.1) is 12.8 Å². The number of rotatable bonds is 6. The van der Waals surface area contributed by atoms with Gasteiger partial charge in [0, 0.05) is 23.7 Å². The highest BCUT2D eigenvalue weighted by atomic mass is 16.2. The Hall–Kier alpha value is -2.37. The molecule has 0 saturated heterocycles. The van der Waals surface area contributed by atoms with Gasteiger partial charge in [-0.15, -0.1) is 0 Å². The lowest BCUT2D eigenvalue weighted by Gasteiger charge is -2.12. The quantitative estimate of drug-likeness (QED) is 0.749. The first kappa shape index (κ1) is 16.0. The first-order valence-electron chi connectivity index (χ1n) is 7.47. The minimum Gasteiger partial charge on any atom is -0.347 e. The molecule has 118 valence electrons. The second-order valence-electron chi connectivity index (χ2n) is 5.47. The van der Waals surface area contributed by atoms with Crippen LogP contribution < -0.4 is 16.0 Å². The van der Waals surface area contributed by atoms with Crippen molar-refractivity contribution in [2.45, 2.75) is 33.1 Å². The lowest BCUT2D eigenvalue weighted by molar-refractivity contribution is -0.125. The van der Waals surface area contributed by atoms with Crippen LogP contribution >= 0.6 is 0 Å². The molecule has 0 aliphatic heterocycles. The minimum atomic E-state index is -0.281. The van der Waals surface area contributed by atoms with Crippen LogP contribution in [-0.2, 0) is 14.4 Å². The summed E-state index contributed by atoms with van der Waals surface area (Å²) in [6.07, 6.45) is 2.21. The van der Waals surface area contributed by atoms with Crippen molar-refractivity contribution in [3.8, 4) is 0 Å². The van der Waals surface area contributed by atoms with E-state index in [2.05, 4.69) is 16.0 Å². The van der Waals surface area contributed by atoms with Gasteiger partial charge in [-0.2, -0.15) is 0 Å². The maximum atomic E-state index is 11.9. The van der Waals surface area contributed by atoms with Gasteiger partial charge in [-0.05, 0) is 37.5 Å². The van der Waals surface area contributed by atoms with Crippen molar-refractivity contribution in [2.75, 3.05) is 17.2 Å². The molecular weight excluding hydrogens is 282 g/mol. The number of aryl methyl sites for hydroxylation is 1. The maximum absolute atomic E-state index is 11.9. The van der Waals surface area contributed by atoms with E-state index in [1.807, 2.05) is 13.0 Å². The number of carbonyl (C=O) groups is 3. The van der Waals surface area contributed by atoms with E-state index in [-0.39, 0.29) is 30.2 Å². The molecule has 0 aromatic heterocycles. The number of benzene rings is 1. The second kappa shape index (κ2) is 7.06. The van der Waals surface area contributed by atoms with Gasteiger partial charge in [-0.1, -0.05) is 13.0 Å². The SMILES string of the molecule is CCC(=O)Nc1ccc(C)c(NC(=O)CNC(=O)C2CC2)c1. The Bertz CT molecular complexity index is 594. The van der Waals surface area contributed by atoms with Crippen molar-refractivity contribution >= 4 is 29.1 Å². The molecule has 3 N–H and O–H groups in total. The van der Waals surface area contributed by atoms with E-state index in [0.717, 1.165) is 18.4 Å². The molecule has 0 atom stereocenters. The van der Waals surface area contributed by atoms with Gasteiger partial charge < -0.3 is 16.0 Å². The molecule has 1 aromatic rings. The summed E-state index contributed by atoms with van der Waals surface area (Å²) in [4.78, 5) is 34.8. The molecule has 0 unspecified atom stereocenters. The molecule has 22 heavy (non-hydrogen) atoms. The molecule has 0 radical (unpaired) electrons. The predicted octanol–water partition coefficient (Wildman–Crippen LogP) is 1.81. The lowest BCUT2D eigenvalue weighted by atomic mass is 10.1. The molecule has 2 rings (SSSR count). The molecule has 1 fully saturated rings. The fourth-order valence-corrected chi connectivity index (χ4v) is 1.94. The summed E-state index contributed by atoms with van der Waals surface area (Å²) in [5.74, 6) is -0.341. The van der Waals surface area contributed by atoms with Crippen molar-refractivity contribution in [3.05, 3.63) is 23.8 Å². The summed E-state index contributed by atoms with van der Waals surface area (Å²) in [7, 11) is 0. The van der Waals surface area contributed by atoms with E-state index in [0.29, 0.717) is 17.8 Å². The zero-order valence-electron chi connectivity index (χ0n) is 12.9. The molecule has 1 aliphatic carbocycles. The van der Waals surface area contributed by atoms with Crippen molar-refractivity contribution in [1.82, 2.24) is 5.32 Å². The molecule has 1 aliphatic rings. The van der Waals surface area contributed by atoms with Crippen LogP contribution in [0.4, 0.5) is 11.4 Å². The van der Waals surface area contributed by atoms with Gasteiger partial charge in [0.1, 0.15) is 0 Å². The lowest BCUT2D eigenvalue weighted by Crippen LogP contribution is -2.33. The number of nitrogens with one attached hydrogen (secondary N) is 3. The Morgan fingerprint density at radius 1 is 1.14 bits per heavy atom. The van der Waals surface area contributed by atoms with Gasteiger partial charge in [0.05, 0.1) is 6.54 Å². The van der Waals surface area contributed by atoms with E-state index in [4.69, 9.17) is 0 Å². The van der Waals surface area contributed by atoms with Crippen LogP contribution in [-0.4, -0.2) is 24.3 Å². The fraction of sp³-hybridized carbons (Fsp3) is 0.438. The molecule has 0 spiro atoms. The Labute approximate surface area is 129 Å². The van der Waals surface area contributed by atoms with Crippen LogP contribution in [0.1, 0.15) is 31.7 Å². The first-order valence-corrected chi connectivity index (χ1v) is 7.47. The van der Waals surface area contributed by atoms with E-state index >= 15 is 0 Å². The molecule has 0 bridgehead atoms.